The zero-order chi connectivity index (χ0) is 24.6. The Hall–Kier alpha value is -3.73. The molecule has 2 heterocycles. The molecule has 174 valence electrons. The number of anilines is 1. The van der Waals surface area contributed by atoms with Crippen LogP contribution in [-0.4, -0.2) is 21.8 Å². The largest absolute Gasteiger partial charge is 0.507 e. The SMILES string of the molecule is Cc1ccc(N2C(=O)C(=O)C(=C(O)c3ccc(C(C)C)cc3)C2c2ccc(C(C)C)cc2)nc1. The van der Waals surface area contributed by atoms with E-state index in [1.807, 2.05) is 49.4 Å². The molecule has 5 heteroatoms. The van der Waals surface area contributed by atoms with E-state index in [-0.39, 0.29) is 11.3 Å². The number of amides is 1. The Labute approximate surface area is 200 Å². The van der Waals surface area contributed by atoms with Crippen LogP contribution in [0.15, 0.2) is 72.4 Å². The summed E-state index contributed by atoms with van der Waals surface area (Å²) in [4.78, 5) is 32.3. The van der Waals surface area contributed by atoms with Gasteiger partial charge in [-0.05, 0) is 47.1 Å². The van der Waals surface area contributed by atoms with Gasteiger partial charge < -0.3 is 5.11 Å². The predicted octanol–water partition coefficient (Wildman–Crippen LogP) is 6.26. The quantitative estimate of drug-likeness (QED) is 0.280. The summed E-state index contributed by atoms with van der Waals surface area (Å²) in [5.41, 5.74) is 4.54. The van der Waals surface area contributed by atoms with E-state index in [1.54, 1.807) is 24.4 Å². The maximum Gasteiger partial charge on any atom is 0.301 e. The van der Waals surface area contributed by atoms with E-state index in [2.05, 4.69) is 32.7 Å². The number of hydrogen-bond acceptors (Lipinski definition) is 4. The van der Waals surface area contributed by atoms with Crippen LogP contribution in [0.1, 0.15) is 73.4 Å². The summed E-state index contributed by atoms with van der Waals surface area (Å²) in [6, 6.07) is 18.1. The van der Waals surface area contributed by atoms with E-state index in [0.29, 0.717) is 23.2 Å². The normalized spacial score (nSPS) is 17.7. The van der Waals surface area contributed by atoms with E-state index in [1.165, 1.54) is 4.90 Å². The van der Waals surface area contributed by atoms with Crippen molar-refractivity contribution in [2.75, 3.05) is 4.90 Å². The van der Waals surface area contributed by atoms with Crippen LogP contribution < -0.4 is 4.90 Å². The first-order valence-electron chi connectivity index (χ1n) is 11.6. The molecule has 4 rings (SSSR count). The molecule has 2 aromatic carbocycles. The first-order chi connectivity index (χ1) is 16.2. The topological polar surface area (TPSA) is 70.5 Å². The molecule has 1 saturated heterocycles. The molecular weight excluding hydrogens is 424 g/mol. The van der Waals surface area contributed by atoms with Crippen molar-refractivity contribution in [3.63, 3.8) is 0 Å². The number of rotatable bonds is 5. The molecule has 1 aliphatic rings. The fraction of sp³-hybridized carbons (Fsp3) is 0.276. The Morgan fingerprint density at radius 2 is 1.41 bits per heavy atom. The zero-order valence-electron chi connectivity index (χ0n) is 20.2. The van der Waals surface area contributed by atoms with Crippen LogP contribution in [0, 0.1) is 6.92 Å². The van der Waals surface area contributed by atoms with E-state index in [4.69, 9.17) is 0 Å². The number of aliphatic hydroxyl groups excluding tert-OH is 1. The molecule has 1 N–H and O–H groups in total. The molecule has 1 unspecified atom stereocenters. The molecule has 1 aromatic heterocycles. The minimum Gasteiger partial charge on any atom is -0.507 e. The Balaban J connectivity index is 1.89. The monoisotopic (exact) mass is 454 g/mol. The molecule has 5 nitrogen and oxygen atoms in total. The Morgan fingerprint density at radius 1 is 0.853 bits per heavy atom. The minimum atomic E-state index is -0.777. The third-order valence-corrected chi connectivity index (χ3v) is 6.36. The molecule has 1 amide bonds. The predicted molar refractivity (Wildman–Crippen MR) is 135 cm³/mol. The van der Waals surface area contributed by atoms with E-state index in [9.17, 15) is 14.7 Å². The number of benzene rings is 2. The molecule has 0 radical (unpaired) electrons. The number of carbonyl (C=O) groups excluding carboxylic acids is 2. The molecular formula is C29H30N2O3. The number of Topliss-reactive ketones (excluding diaryl/α,β-unsaturated/α-hetero) is 1. The van der Waals surface area contributed by atoms with Crippen LogP contribution in [0.4, 0.5) is 5.82 Å². The number of nitrogens with zero attached hydrogens (tertiary/aromatic N) is 2. The Bertz CT molecular complexity index is 1240. The second-order valence-electron chi connectivity index (χ2n) is 9.46. The van der Waals surface area contributed by atoms with Crippen molar-refractivity contribution in [3.8, 4) is 0 Å². The average molecular weight is 455 g/mol. The summed E-state index contributed by atoms with van der Waals surface area (Å²) in [6.45, 7) is 10.3. The van der Waals surface area contributed by atoms with Crippen LogP contribution >= 0.6 is 0 Å². The molecule has 1 aliphatic heterocycles. The molecule has 1 fully saturated rings. The number of aryl methyl sites for hydroxylation is 1. The van der Waals surface area contributed by atoms with Crippen LogP contribution in [0.2, 0.25) is 0 Å². The molecule has 1 atom stereocenters. The lowest BCUT2D eigenvalue weighted by Gasteiger charge is -2.25. The van der Waals surface area contributed by atoms with Crippen LogP contribution in [0.5, 0.6) is 0 Å². The van der Waals surface area contributed by atoms with E-state index < -0.39 is 17.7 Å². The van der Waals surface area contributed by atoms with Gasteiger partial charge in [-0.1, -0.05) is 82.3 Å². The average Bonchev–Trinajstić information content (AvgIpc) is 3.09. The lowest BCUT2D eigenvalue weighted by atomic mass is 9.92. The van der Waals surface area contributed by atoms with Crippen molar-refractivity contribution in [3.05, 3.63) is 100 Å². The van der Waals surface area contributed by atoms with Crippen molar-refractivity contribution in [1.82, 2.24) is 4.98 Å². The van der Waals surface area contributed by atoms with Gasteiger partial charge in [0, 0.05) is 11.8 Å². The highest BCUT2D eigenvalue weighted by atomic mass is 16.3. The van der Waals surface area contributed by atoms with Gasteiger partial charge in [-0.2, -0.15) is 0 Å². The summed E-state index contributed by atoms with van der Waals surface area (Å²) in [7, 11) is 0. The minimum absolute atomic E-state index is 0.0713. The van der Waals surface area contributed by atoms with Gasteiger partial charge in [0.15, 0.2) is 0 Å². The van der Waals surface area contributed by atoms with Gasteiger partial charge in [0.1, 0.15) is 11.6 Å². The van der Waals surface area contributed by atoms with Crippen molar-refractivity contribution in [2.24, 2.45) is 0 Å². The van der Waals surface area contributed by atoms with Gasteiger partial charge >= 0.3 is 5.91 Å². The number of hydrogen-bond donors (Lipinski definition) is 1. The lowest BCUT2D eigenvalue weighted by molar-refractivity contribution is -0.132. The number of ketones is 1. The molecule has 0 bridgehead atoms. The van der Waals surface area contributed by atoms with E-state index >= 15 is 0 Å². The summed E-state index contributed by atoms with van der Waals surface area (Å²) >= 11 is 0. The second-order valence-corrected chi connectivity index (χ2v) is 9.46. The van der Waals surface area contributed by atoms with Gasteiger partial charge in [0.05, 0.1) is 11.6 Å². The summed E-state index contributed by atoms with van der Waals surface area (Å²) in [5, 5.41) is 11.3. The van der Waals surface area contributed by atoms with Crippen molar-refractivity contribution in [2.45, 2.75) is 52.5 Å². The standard InChI is InChI=1S/C29H30N2O3/c1-17(2)20-7-11-22(12-8-20)26-25(27(32)23-13-9-21(10-14-23)18(3)4)28(33)29(34)31(26)24-15-6-19(5)16-30-24/h6-18,26,32H,1-5H3. The lowest BCUT2D eigenvalue weighted by Crippen LogP contribution is -2.30. The third kappa shape index (κ3) is 4.26. The molecule has 0 aliphatic carbocycles. The maximum atomic E-state index is 13.3. The van der Waals surface area contributed by atoms with Crippen molar-refractivity contribution < 1.29 is 14.7 Å². The highest BCUT2D eigenvalue weighted by Crippen LogP contribution is 2.42. The summed E-state index contributed by atoms with van der Waals surface area (Å²) in [5.74, 6) is -0.533. The van der Waals surface area contributed by atoms with Crippen LogP contribution in [0.3, 0.4) is 0 Å². The summed E-state index contributed by atoms with van der Waals surface area (Å²) < 4.78 is 0. The summed E-state index contributed by atoms with van der Waals surface area (Å²) in [6.07, 6.45) is 1.66. The number of carbonyl (C=O) groups is 2. The highest BCUT2D eigenvalue weighted by molar-refractivity contribution is 6.51. The van der Waals surface area contributed by atoms with Gasteiger partial charge in [0.25, 0.3) is 5.78 Å². The first kappa shape index (κ1) is 23.4. The Morgan fingerprint density at radius 3 is 1.91 bits per heavy atom. The first-order valence-corrected chi connectivity index (χ1v) is 11.6. The highest BCUT2D eigenvalue weighted by Gasteiger charge is 2.47. The number of pyridine rings is 1. The van der Waals surface area contributed by atoms with Gasteiger partial charge in [-0.25, -0.2) is 4.98 Å². The van der Waals surface area contributed by atoms with Crippen molar-refractivity contribution in [1.29, 1.82) is 0 Å². The number of aromatic nitrogens is 1. The van der Waals surface area contributed by atoms with Gasteiger partial charge in [0.2, 0.25) is 0 Å². The van der Waals surface area contributed by atoms with Crippen LogP contribution in [-0.2, 0) is 9.59 Å². The van der Waals surface area contributed by atoms with Crippen LogP contribution in [0.25, 0.3) is 5.76 Å². The zero-order valence-corrected chi connectivity index (χ0v) is 20.2. The third-order valence-electron chi connectivity index (χ3n) is 6.36. The fourth-order valence-electron chi connectivity index (χ4n) is 4.23. The van der Waals surface area contributed by atoms with Gasteiger partial charge in [-0.3, -0.25) is 14.5 Å². The second kappa shape index (κ2) is 9.26. The van der Waals surface area contributed by atoms with Gasteiger partial charge in [-0.15, -0.1) is 0 Å². The van der Waals surface area contributed by atoms with Crippen molar-refractivity contribution >= 4 is 23.3 Å². The molecule has 3 aromatic rings. The molecule has 0 spiro atoms. The smallest absolute Gasteiger partial charge is 0.301 e. The Kier molecular flexibility index (Phi) is 6.38. The maximum absolute atomic E-state index is 13.3. The van der Waals surface area contributed by atoms with E-state index in [0.717, 1.165) is 22.3 Å². The molecule has 0 saturated carbocycles. The number of aliphatic hydroxyl groups is 1. The fourth-order valence-corrected chi connectivity index (χ4v) is 4.23. The molecule has 34 heavy (non-hydrogen) atoms.